The van der Waals surface area contributed by atoms with Crippen LogP contribution in [0.15, 0.2) is 28.9 Å². The molecule has 0 aromatic carbocycles. The molecule has 1 aromatic heterocycles. The van der Waals surface area contributed by atoms with Crippen LogP contribution in [-0.2, 0) is 9.53 Å². The molecule has 86 valence electrons. The summed E-state index contributed by atoms with van der Waals surface area (Å²) in [5.74, 6) is 0.510. The highest BCUT2D eigenvalue weighted by Gasteiger charge is 2.11. The molecule has 0 spiro atoms. The highest BCUT2D eigenvalue weighted by molar-refractivity contribution is 5.90. The molecule has 1 N–H and O–H groups in total. The minimum absolute atomic E-state index is 0.154. The first kappa shape index (κ1) is 10.9. The molecule has 1 aliphatic heterocycles. The van der Waals surface area contributed by atoms with Gasteiger partial charge in [-0.2, -0.15) is 0 Å². The average molecular weight is 222 g/mol. The Kier molecular flexibility index (Phi) is 3.74. The molecule has 1 aromatic rings. The summed E-state index contributed by atoms with van der Waals surface area (Å²) in [5, 5.41) is 1.85. The maximum Gasteiger partial charge on any atom is 0.258 e. The van der Waals surface area contributed by atoms with Crippen LogP contribution in [0.5, 0.6) is 0 Å². The molecular weight excluding hydrogens is 208 g/mol. The van der Waals surface area contributed by atoms with Crippen molar-refractivity contribution in [2.45, 2.75) is 0 Å². The third kappa shape index (κ3) is 3.22. The normalized spacial score (nSPS) is 17.8. The number of furan rings is 1. The van der Waals surface area contributed by atoms with Crippen molar-refractivity contribution in [2.24, 2.45) is 0 Å². The molecule has 2 rings (SSSR count). The minimum Gasteiger partial charge on any atom is -0.465 e. The lowest BCUT2D eigenvalue weighted by Gasteiger charge is -2.26. The summed E-state index contributed by atoms with van der Waals surface area (Å²) < 4.78 is 10.2. The van der Waals surface area contributed by atoms with Gasteiger partial charge in [0.15, 0.2) is 0 Å². The minimum atomic E-state index is -0.154. The van der Waals surface area contributed by atoms with E-state index < -0.39 is 0 Å². The first-order valence-electron chi connectivity index (χ1n) is 5.19. The third-order valence-corrected chi connectivity index (χ3v) is 2.22. The van der Waals surface area contributed by atoms with E-state index in [-0.39, 0.29) is 5.91 Å². The highest BCUT2D eigenvalue weighted by atomic mass is 16.5. The lowest BCUT2D eigenvalue weighted by Crippen LogP contribution is -2.47. The zero-order valence-electron chi connectivity index (χ0n) is 8.89. The topological polar surface area (TPSA) is 54.7 Å². The quantitative estimate of drug-likeness (QED) is 0.763. The maximum absolute atomic E-state index is 11.5. The summed E-state index contributed by atoms with van der Waals surface area (Å²) in [4.78, 5) is 11.5. The molecule has 16 heavy (non-hydrogen) atoms. The van der Waals surface area contributed by atoms with Gasteiger partial charge in [-0.05, 0) is 18.2 Å². The van der Waals surface area contributed by atoms with E-state index in [4.69, 9.17) is 9.15 Å². The standard InChI is InChI=1S/C11H14N2O3/c14-11(4-3-10-2-1-7-16-10)12-13-5-8-15-9-6-13/h1-4,7H,5-6,8-9H2,(H,12,14). The van der Waals surface area contributed by atoms with Crippen molar-refractivity contribution in [1.29, 1.82) is 0 Å². The molecule has 5 nitrogen and oxygen atoms in total. The van der Waals surface area contributed by atoms with Crippen LogP contribution in [0.1, 0.15) is 5.76 Å². The van der Waals surface area contributed by atoms with Crippen molar-refractivity contribution < 1.29 is 13.9 Å². The number of nitrogens with zero attached hydrogens (tertiary/aromatic N) is 1. The van der Waals surface area contributed by atoms with E-state index in [1.165, 1.54) is 6.08 Å². The molecule has 1 saturated heterocycles. The second-order valence-corrected chi connectivity index (χ2v) is 3.42. The second-order valence-electron chi connectivity index (χ2n) is 3.42. The van der Waals surface area contributed by atoms with E-state index in [0.717, 1.165) is 13.1 Å². The first-order chi connectivity index (χ1) is 7.84. The molecule has 0 radical (unpaired) electrons. The fourth-order valence-electron chi connectivity index (χ4n) is 1.41. The number of hydrogen-bond donors (Lipinski definition) is 1. The van der Waals surface area contributed by atoms with Crippen molar-refractivity contribution in [3.63, 3.8) is 0 Å². The predicted molar refractivity (Wildman–Crippen MR) is 58.3 cm³/mol. The molecule has 2 heterocycles. The van der Waals surface area contributed by atoms with Crippen LogP contribution in [-0.4, -0.2) is 37.2 Å². The van der Waals surface area contributed by atoms with Gasteiger partial charge in [0.05, 0.1) is 19.5 Å². The number of rotatable bonds is 3. The van der Waals surface area contributed by atoms with E-state index in [0.29, 0.717) is 19.0 Å². The summed E-state index contributed by atoms with van der Waals surface area (Å²) in [5.41, 5.74) is 2.77. The van der Waals surface area contributed by atoms with Crippen LogP contribution in [0.25, 0.3) is 6.08 Å². The average Bonchev–Trinajstić information content (AvgIpc) is 2.81. The van der Waals surface area contributed by atoms with Gasteiger partial charge in [0.2, 0.25) is 0 Å². The molecule has 1 aliphatic rings. The molecular formula is C11H14N2O3. The summed E-state index contributed by atoms with van der Waals surface area (Å²) in [7, 11) is 0. The number of carbonyl (C=O) groups is 1. The number of carbonyl (C=O) groups excluding carboxylic acids is 1. The summed E-state index contributed by atoms with van der Waals surface area (Å²) in [6.07, 6.45) is 4.66. The summed E-state index contributed by atoms with van der Waals surface area (Å²) in [6, 6.07) is 3.57. The van der Waals surface area contributed by atoms with E-state index in [1.807, 2.05) is 5.01 Å². The van der Waals surface area contributed by atoms with Crippen LogP contribution >= 0.6 is 0 Å². The molecule has 0 unspecified atom stereocenters. The van der Waals surface area contributed by atoms with Crippen molar-refractivity contribution >= 4 is 12.0 Å². The van der Waals surface area contributed by atoms with Gasteiger partial charge in [-0.25, -0.2) is 5.01 Å². The van der Waals surface area contributed by atoms with Gasteiger partial charge in [-0.15, -0.1) is 0 Å². The SMILES string of the molecule is O=C(C=Cc1ccco1)NN1CCOCC1. The second kappa shape index (κ2) is 5.48. The first-order valence-corrected chi connectivity index (χ1v) is 5.19. The molecule has 0 saturated carbocycles. The summed E-state index contributed by atoms with van der Waals surface area (Å²) in [6.45, 7) is 2.75. The van der Waals surface area contributed by atoms with Gasteiger partial charge >= 0.3 is 0 Å². The fourth-order valence-corrected chi connectivity index (χ4v) is 1.41. The van der Waals surface area contributed by atoms with Crippen molar-refractivity contribution in [2.75, 3.05) is 26.3 Å². The Hall–Kier alpha value is -1.59. The summed E-state index contributed by atoms with van der Waals surface area (Å²) >= 11 is 0. The number of amides is 1. The monoisotopic (exact) mass is 222 g/mol. The Labute approximate surface area is 93.6 Å². The van der Waals surface area contributed by atoms with Crippen LogP contribution in [0.2, 0.25) is 0 Å². The van der Waals surface area contributed by atoms with Crippen LogP contribution in [0.4, 0.5) is 0 Å². The molecule has 1 fully saturated rings. The van der Waals surface area contributed by atoms with E-state index in [2.05, 4.69) is 5.43 Å². The fraction of sp³-hybridized carbons (Fsp3) is 0.364. The van der Waals surface area contributed by atoms with Gasteiger partial charge in [0.25, 0.3) is 5.91 Å². The van der Waals surface area contributed by atoms with Crippen LogP contribution in [0, 0.1) is 0 Å². The van der Waals surface area contributed by atoms with Gasteiger partial charge < -0.3 is 9.15 Å². The third-order valence-electron chi connectivity index (χ3n) is 2.22. The maximum atomic E-state index is 11.5. The van der Waals surface area contributed by atoms with Gasteiger partial charge in [-0.1, -0.05) is 0 Å². The zero-order chi connectivity index (χ0) is 11.2. The lowest BCUT2D eigenvalue weighted by atomic mass is 10.4. The Morgan fingerprint density at radius 2 is 2.25 bits per heavy atom. The lowest BCUT2D eigenvalue weighted by molar-refractivity contribution is -0.123. The van der Waals surface area contributed by atoms with E-state index in [1.54, 1.807) is 24.5 Å². The smallest absolute Gasteiger partial charge is 0.258 e. The Balaban J connectivity index is 1.79. The predicted octanol–water partition coefficient (Wildman–Crippen LogP) is 0.656. The highest BCUT2D eigenvalue weighted by Crippen LogP contribution is 2.01. The van der Waals surface area contributed by atoms with Crippen LogP contribution < -0.4 is 5.43 Å². The number of morpholine rings is 1. The number of ether oxygens (including phenoxy) is 1. The number of hydrazine groups is 1. The van der Waals surface area contributed by atoms with Gasteiger partial charge in [0.1, 0.15) is 5.76 Å². The Morgan fingerprint density at radius 1 is 1.44 bits per heavy atom. The largest absolute Gasteiger partial charge is 0.465 e. The molecule has 0 aliphatic carbocycles. The van der Waals surface area contributed by atoms with Crippen molar-refractivity contribution in [3.05, 3.63) is 30.2 Å². The van der Waals surface area contributed by atoms with Crippen molar-refractivity contribution in [3.8, 4) is 0 Å². The Morgan fingerprint density at radius 3 is 2.94 bits per heavy atom. The van der Waals surface area contributed by atoms with E-state index in [9.17, 15) is 4.79 Å². The molecule has 0 atom stereocenters. The molecule has 0 bridgehead atoms. The Bertz CT molecular complexity index is 353. The number of nitrogens with one attached hydrogen (secondary N) is 1. The zero-order valence-corrected chi connectivity index (χ0v) is 8.89. The molecule has 1 amide bonds. The molecule has 5 heteroatoms. The van der Waals surface area contributed by atoms with Gasteiger partial charge in [-0.3, -0.25) is 10.2 Å². The number of hydrogen-bond acceptors (Lipinski definition) is 4. The van der Waals surface area contributed by atoms with Crippen molar-refractivity contribution in [1.82, 2.24) is 10.4 Å². The van der Waals surface area contributed by atoms with Crippen LogP contribution in [0.3, 0.4) is 0 Å². The van der Waals surface area contributed by atoms with E-state index >= 15 is 0 Å². The van der Waals surface area contributed by atoms with Gasteiger partial charge in [0, 0.05) is 19.2 Å².